The van der Waals surface area contributed by atoms with E-state index >= 15 is 0 Å². The molecule has 0 atom stereocenters. The number of hydrogen-bond acceptors (Lipinski definition) is 6. The smallest absolute Gasteiger partial charge is 0.349 e. The molecule has 3 amide bonds. The zero-order chi connectivity index (χ0) is 23.2. The minimum Gasteiger partial charge on any atom is -0.459 e. The quantitative estimate of drug-likeness (QED) is 0.296. The van der Waals surface area contributed by atoms with E-state index in [9.17, 15) is 19.2 Å². The number of rotatable bonds is 7. The number of hydrogen-bond donors (Lipinski definition) is 3. The van der Waals surface area contributed by atoms with Crippen molar-refractivity contribution in [2.75, 3.05) is 18.4 Å². The molecule has 0 aliphatic carbocycles. The van der Waals surface area contributed by atoms with Crippen molar-refractivity contribution in [3.63, 3.8) is 0 Å². The van der Waals surface area contributed by atoms with Crippen LogP contribution in [0.4, 0.5) is 5.69 Å². The lowest BCUT2D eigenvalue weighted by molar-refractivity contribution is 0.0910. The van der Waals surface area contributed by atoms with Crippen LogP contribution in [-0.2, 0) is 0 Å². The molecule has 4 rings (SSSR count). The normalized spacial score (nSPS) is 10.5. The second-order valence-electron chi connectivity index (χ2n) is 7.01. The van der Waals surface area contributed by atoms with Crippen LogP contribution in [0.3, 0.4) is 0 Å². The standard InChI is InChI=1S/C24H19N3O6/c28-21(25-11-12-26-23(30)20-6-3-13-32-20)15-7-9-17(10-8-15)27-22(29)18-14-16-4-1-2-5-19(16)33-24(18)31/h1-10,13-14H,11-12H2,(H,25,28)(H,26,30)(H,27,29). The van der Waals surface area contributed by atoms with Gasteiger partial charge in [0.2, 0.25) is 0 Å². The predicted octanol–water partition coefficient (Wildman–Crippen LogP) is 2.80. The second-order valence-corrected chi connectivity index (χ2v) is 7.01. The Bertz CT molecular complexity index is 1360. The number of carbonyl (C=O) groups excluding carboxylic acids is 3. The number of para-hydroxylation sites is 1. The molecule has 0 aliphatic heterocycles. The molecular formula is C24H19N3O6. The first-order chi connectivity index (χ1) is 16.0. The fraction of sp³-hybridized carbons (Fsp3) is 0.0833. The van der Waals surface area contributed by atoms with Crippen LogP contribution in [0.5, 0.6) is 0 Å². The molecule has 9 heteroatoms. The first kappa shape index (κ1) is 21.6. The Morgan fingerprint density at radius 1 is 0.788 bits per heavy atom. The van der Waals surface area contributed by atoms with Gasteiger partial charge in [-0.15, -0.1) is 0 Å². The van der Waals surface area contributed by atoms with Gasteiger partial charge in [0.1, 0.15) is 11.1 Å². The molecule has 0 spiro atoms. The molecule has 0 aliphatic rings. The summed E-state index contributed by atoms with van der Waals surface area (Å²) in [6.45, 7) is 0.454. The predicted molar refractivity (Wildman–Crippen MR) is 120 cm³/mol. The van der Waals surface area contributed by atoms with E-state index in [0.717, 1.165) is 0 Å². The van der Waals surface area contributed by atoms with Gasteiger partial charge in [-0.2, -0.15) is 0 Å². The highest BCUT2D eigenvalue weighted by Gasteiger charge is 2.14. The molecule has 33 heavy (non-hydrogen) atoms. The van der Waals surface area contributed by atoms with Gasteiger partial charge >= 0.3 is 5.63 Å². The Hall–Kier alpha value is -4.66. The molecule has 3 N–H and O–H groups in total. The Morgan fingerprint density at radius 3 is 2.24 bits per heavy atom. The van der Waals surface area contributed by atoms with Gasteiger partial charge in [0.25, 0.3) is 17.7 Å². The van der Waals surface area contributed by atoms with Crippen molar-refractivity contribution in [1.82, 2.24) is 10.6 Å². The average Bonchev–Trinajstić information content (AvgIpc) is 3.37. The monoisotopic (exact) mass is 445 g/mol. The maximum Gasteiger partial charge on any atom is 0.349 e. The molecule has 0 bridgehead atoms. The highest BCUT2D eigenvalue weighted by Crippen LogP contribution is 2.15. The van der Waals surface area contributed by atoms with Gasteiger partial charge in [-0.3, -0.25) is 14.4 Å². The zero-order valence-electron chi connectivity index (χ0n) is 17.3. The van der Waals surface area contributed by atoms with Crippen LogP contribution < -0.4 is 21.6 Å². The number of amides is 3. The highest BCUT2D eigenvalue weighted by atomic mass is 16.4. The van der Waals surface area contributed by atoms with E-state index in [0.29, 0.717) is 22.2 Å². The molecule has 0 saturated carbocycles. The topological polar surface area (TPSA) is 131 Å². The van der Waals surface area contributed by atoms with Gasteiger partial charge in [0.05, 0.1) is 6.26 Å². The molecule has 0 unspecified atom stereocenters. The van der Waals surface area contributed by atoms with Gasteiger partial charge in [0.15, 0.2) is 5.76 Å². The van der Waals surface area contributed by atoms with Crippen molar-refractivity contribution in [1.29, 1.82) is 0 Å². The Labute approximate surface area is 187 Å². The lowest BCUT2D eigenvalue weighted by Gasteiger charge is -2.08. The number of anilines is 1. The van der Waals surface area contributed by atoms with E-state index in [1.165, 1.54) is 24.5 Å². The molecule has 0 radical (unpaired) electrons. The molecule has 166 valence electrons. The van der Waals surface area contributed by atoms with Crippen LogP contribution in [0.25, 0.3) is 11.0 Å². The second kappa shape index (κ2) is 9.65. The largest absolute Gasteiger partial charge is 0.459 e. The molecular weight excluding hydrogens is 426 g/mol. The third-order valence-corrected chi connectivity index (χ3v) is 4.73. The lowest BCUT2D eigenvalue weighted by Crippen LogP contribution is -2.34. The summed E-state index contributed by atoms with van der Waals surface area (Å²) in [5.41, 5.74) is 0.328. The van der Waals surface area contributed by atoms with Crippen molar-refractivity contribution in [3.8, 4) is 0 Å². The summed E-state index contributed by atoms with van der Waals surface area (Å²) in [5.74, 6) is -1.12. The summed E-state index contributed by atoms with van der Waals surface area (Å²) in [6.07, 6.45) is 1.40. The third kappa shape index (κ3) is 5.16. The van der Waals surface area contributed by atoms with Gasteiger partial charge in [0, 0.05) is 29.7 Å². The number of fused-ring (bicyclic) bond motifs is 1. The van der Waals surface area contributed by atoms with Gasteiger partial charge in [-0.25, -0.2) is 4.79 Å². The maximum absolute atomic E-state index is 12.5. The summed E-state index contributed by atoms with van der Waals surface area (Å²) < 4.78 is 10.2. The third-order valence-electron chi connectivity index (χ3n) is 4.73. The van der Waals surface area contributed by atoms with Crippen molar-refractivity contribution in [2.24, 2.45) is 0 Å². The number of carbonyl (C=O) groups is 3. The van der Waals surface area contributed by atoms with Crippen LogP contribution in [-0.4, -0.2) is 30.8 Å². The molecule has 2 heterocycles. The summed E-state index contributed by atoms with van der Waals surface area (Å²) in [7, 11) is 0. The Kier molecular flexibility index (Phi) is 6.31. The van der Waals surface area contributed by atoms with Gasteiger partial charge in [-0.1, -0.05) is 18.2 Å². The molecule has 2 aromatic heterocycles. The number of benzene rings is 2. The number of nitrogens with one attached hydrogen (secondary N) is 3. The van der Waals surface area contributed by atoms with Crippen LogP contribution in [0.2, 0.25) is 0 Å². The lowest BCUT2D eigenvalue weighted by atomic mass is 10.1. The molecule has 2 aromatic carbocycles. The minimum absolute atomic E-state index is 0.118. The average molecular weight is 445 g/mol. The Balaban J connectivity index is 1.31. The molecule has 9 nitrogen and oxygen atoms in total. The fourth-order valence-electron chi connectivity index (χ4n) is 3.07. The van der Waals surface area contributed by atoms with E-state index in [2.05, 4.69) is 16.0 Å². The van der Waals surface area contributed by atoms with Crippen molar-refractivity contribution in [3.05, 3.63) is 100 Å². The van der Waals surface area contributed by atoms with E-state index in [4.69, 9.17) is 8.83 Å². The molecule has 0 fully saturated rings. The van der Waals surface area contributed by atoms with Crippen LogP contribution in [0.1, 0.15) is 31.3 Å². The van der Waals surface area contributed by atoms with Crippen molar-refractivity contribution < 1.29 is 23.2 Å². The van der Waals surface area contributed by atoms with E-state index in [-0.39, 0.29) is 36.2 Å². The van der Waals surface area contributed by atoms with Crippen LogP contribution in [0.15, 0.2) is 86.6 Å². The first-order valence-electron chi connectivity index (χ1n) is 10.1. The van der Waals surface area contributed by atoms with Crippen LogP contribution in [0, 0.1) is 0 Å². The fourth-order valence-corrected chi connectivity index (χ4v) is 3.07. The summed E-state index contributed by atoms with van der Waals surface area (Å²) in [5, 5.41) is 8.57. The maximum atomic E-state index is 12.5. The van der Waals surface area contributed by atoms with Crippen molar-refractivity contribution >= 4 is 34.4 Å². The van der Waals surface area contributed by atoms with E-state index < -0.39 is 11.5 Å². The molecule has 0 saturated heterocycles. The highest BCUT2D eigenvalue weighted by molar-refractivity contribution is 6.05. The first-order valence-corrected chi connectivity index (χ1v) is 10.1. The Morgan fingerprint density at radius 2 is 1.52 bits per heavy atom. The van der Waals surface area contributed by atoms with Gasteiger partial charge in [-0.05, 0) is 48.5 Å². The summed E-state index contributed by atoms with van der Waals surface area (Å²) in [4.78, 5) is 48.7. The van der Waals surface area contributed by atoms with Crippen LogP contribution >= 0.6 is 0 Å². The minimum atomic E-state index is -0.735. The van der Waals surface area contributed by atoms with Gasteiger partial charge < -0.3 is 24.8 Å². The number of furan rings is 1. The molecule has 4 aromatic rings. The SMILES string of the molecule is O=C(NCCNC(=O)c1ccco1)c1ccc(NC(=O)c2cc3ccccc3oc2=O)cc1. The van der Waals surface area contributed by atoms with E-state index in [1.54, 1.807) is 48.5 Å². The van der Waals surface area contributed by atoms with E-state index in [1.807, 2.05) is 0 Å². The zero-order valence-corrected chi connectivity index (χ0v) is 17.3. The van der Waals surface area contributed by atoms with Crippen molar-refractivity contribution in [2.45, 2.75) is 0 Å². The summed E-state index contributed by atoms with van der Waals surface area (Å²) in [6, 6.07) is 17.7. The summed E-state index contributed by atoms with van der Waals surface area (Å²) >= 11 is 0.